The van der Waals surface area contributed by atoms with Gasteiger partial charge in [0, 0.05) is 30.7 Å². The Morgan fingerprint density at radius 2 is 1.95 bits per heavy atom. The molecule has 3 heterocycles. The van der Waals surface area contributed by atoms with Crippen LogP contribution in [-0.4, -0.2) is 18.9 Å². The molecule has 2 aliphatic rings. The van der Waals surface area contributed by atoms with E-state index in [2.05, 4.69) is 0 Å². The fourth-order valence-electron chi connectivity index (χ4n) is 3.19. The lowest BCUT2D eigenvalue weighted by atomic mass is 9.85. The van der Waals surface area contributed by atoms with Crippen molar-refractivity contribution in [1.29, 1.82) is 0 Å². The van der Waals surface area contributed by atoms with E-state index in [1.165, 1.54) is 11.0 Å². The predicted molar refractivity (Wildman–Crippen MR) is 78.9 cm³/mol. The summed E-state index contributed by atoms with van der Waals surface area (Å²) in [6.07, 6.45) is 3.20. The smallest absolute Gasteiger partial charge is 0.332 e. The van der Waals surface area contributed by atoms with E-state index in [1.54, 1.807) is 25.4 Å². The Labute approximate surface area is 126 Å². The van der Waals surface area contributed by atoms with Crippen LogP contribution in [0.3, 0.4) is 0 Å². The van der Waals surface area contributed by atoms with Crippen molar-refractivity contribution >= 4 is 23.1 Å². The zero-order valence-electron chi connectivity index (χ0n) is 11.9. The minimum absolute atomic E-state index is 0.237. The second-order valence-electron chi connectivity index (χ2n) is 5.45. The summed E-state index contributed by atoms with van der Waals surface area (Å²) in [6.45, 7) is 0. The van der Waals surface area contributed by atoms with Crippen LogP contribution in [0.4, 0.5) is 5.69 Å². The summed E-state index contributed by atoms with van der Waals surface area (Å²) in [5.74, 6) is -0.189. The maximum atomic E-state index is 12.8. The Morgan fingerprint density at radius 1 is 1.14 bits per heavy atom. The number of hydrogen-bond acceptors (Lipinski definition) is 4. The van der Waals surface area contributed by atoms with Gasteiger partial charge >= 0.3 is 5.97 Å². The molecule has 1 amide bonds. The van der Waals surface area contributed by atoms with Crippen LogP contribution in [0.1, 0.15) is 17.7 Å². The number of benzene rings is 1. The van der Waals surface area contributed by atoms with Gasteiger partial charge in [-0.15, -0.1) is 0 Å². The molecule has 1 spiro atoms. The molecule has 22 heavy (non-hydrogen) atoms. The summed E-state index contributed by atoms with van der Waals surface area (Å²) < 4.78 is 10.9. The summed E-state index contributed by atoms with van der Waals surface area (Å²) in [5, 5.41) is 0. The lowest BCUT2D eigenvalue weighted by Gasteiger charge is -2.31. The monoisotopic (exact) mass is 295 g/mol. The van der Waals surface area contributed by atoms with Crippen LogP contribution in [0.25, 0.3) is 5.57 Å². The Morgan fingerprint density at radius 3 is 2.73 bits per heavy atom. The van der Waals surface area contributed by atoms with Crippen LogP contribution < -0.4 is 4.90 Å². The first-order chi connectivity index (χ1) is 10.6. The van der Waals surface area contributed by atoms with Crippen molar-refractivity contribution in [3.63, 3.8) is 0 Å². The molecule has 0 N–H and O–H groups in total. The average Bonchev–Trinajstić information content (AvgIpc) is 3.12. The quantitative estimate of drug-likeness (QED) is 0.758. The highest BCUT2D eigenvalue weighted by molar-refractivity contribution is 6.10. The van der Waals surface area contributed by atoms with Gasteiger partial charge in [0.25, 0.3) is 5.91 Å². The maximum Gasteiger partial charge on any atom is 0.332 e. The average molecular weight is 295 g/mol. The van der Waals surface area contributed by atoms with Crippen molar-refractivity contribution in [2.45, 2.75) is 12.0 Å². The normalized spacial score (nSPS) is 23.5. The van der Waals surface area contributed by atoms with Gasteiger partial charge in [0.2, 0.25) is 5.60 Å². The number of likely N-dealkylation sites (N-methyl/N-ethyl adjacent to an activating group) is 1. The predicted octanol–water partition coefficient (Wildman–Crippen LogP) is 2.48. The topological polar surface area (TPSA) is 59.8 Å². The van der Waals surface area contributed by atoms with E-state index in [9.17, 15) is 9.59 Å². The van der Waals surface area contributed by atoms with Gasteiger partial charge < -0.3 is 14.1 Å². The summed E-state index contributed by atoms with van der Waals surface area (Å²) in [5.41, 5.74) is 0.855. The zero-order chi connectivity index (χ0) is 15.3. The molecular weight excluding hydrogens is 282 g/mol. The molecule has 5 nitrogen and oxygen atoms in total. The largest absolute Gasteiger partial charge is 0.465 e. The third kappa shape index (κ3) is 1.59. The number of fused-ring (bicyclic) bond motifs is 2. The number of anilines is 1. The van der Waals surface area contributed by atoms with Gasteiger partial charge in [0.15, 0.2) is 0 Å². The summed E-state index contributed by atoms with van der Waals surface area (Å²) in [6, 6.07) is 10.9. The number of ether oxygens (including phenoxy) is 1. The highest BCUT2D eigenvalue weighted by Crippen LogP contribution is 2.48. The van der Waals surface area contributed by atoms with Crippen LogP contribution >= 0.6 is 0 Å². The molecule has 2 aromatic rings. The first kappa shape index (κ1) is 12.9. The number of hydrogen-bond donors (Lipinski definition) is 0. The van der Waals surface area contributed by atoms with Crippen LogP contribution in [0.5, 0.6) is 0 Å². The minimum atomic E-state index is -1.29. The number of carbonyl (C=O) groups excluding carboxylic acids is 2. The zero-order valence-corrected chi connectivity index (χ0v) is 11.9. The van der Waals surface area contributed by atoms with Crippen molar-refractivity contribution in [3.8, 4) is 0 Å². The molecule has 0 aliphatic carbocycles. The van der Waals surface area contributed by atoms with E-state index in [0.29, 0.717) is 16.9 Å². The van der Waals surface area contributed by atoms with Gasteiger partial charge in [-0.05, 0) is 18.2 Å². The Kier molecular flexibility index (Phi) is 2.54. The lowest BCUT2D eigenvalue weighted by Crippen LogP contribution is -2.44. The third-order valence-electron chi connectivity index (χ3n) is 4.19. The number of nitrogens with zero attached hydrogens (tertiary/aromatic N) is 1. The highest BCUT2D eigenvalue weighted by Gasteiger charge is 2.55. The van der Waals surface area contributed by atoms with Crippen LogP contribution in [0.15, 0.2) is 53.2 Å². The molecule has 2 aliphatic heterocycles. The second kappa shape index (κ2) is 4.34. The number of furan rings is 1. The van der Waals surface area contributed by atoms with Gasteiger partial charge in [-0.25, -0.2) is 4.79 Å². The van der Waals surface area contributed by atoms with Gasteiger partial charge in [-0.3, -0.25) is 4.79 Å². The molecule has 0 saturated carbocycles. The first-order valence-electron chi connectivity index (χ1n) is 6.97. The van der Waals surface area contributed by atoms with Crippen LogP contribution in [-0.2, 0) is 19.9 Å². The fraction of sp³-hybridized carbons (Fsp3) is 0.176. The standard InChI is InChI=1S/C17H13NO4/c1-18-13-6-3-2-5-12(13)17(16(18)20)10-11(9-15(19)22-17)14-7-4-8-21-14/h2-9H,10H2,1H3/t17-/m1/s1. The minimum Gasteiger partial charge on any atom is -0.465 e. The third-order valence-corrected chi connectivity index (χ3v) is 4.19. The number of carbonyl (C=O) groups is 2. The van der Waals surface area contributed by atoms with E-state index in [0.717, 1.165) is 5.69 Å². The molecule has 5 heteroatoms. The van der Waals surface area contributed by atoms with Crippen LogP contribution in [0.2, 0.25) is 0 Å². The van der Waals surface area contributed by atoms with E-state index in [4.69, 9.17) is 9.15 Å². The molecule has 1 aromatic carbocycles. The van der Waals surface area contributed by atoms with Crippen LogP contribution in [0, 0.1) is 0 Å². The molecule has 4 rings (SSSR count). The maximum absolute atomic E-state index is 12.8. The molecule has 0 bridgehead atoms. The lowest BCUT2D eigenvalue weighted by molar-refractivity contribution is -0.163. The van der Waals surface area contributed by atoms with E-state index in [-0.39, 0.29) is 12.3 Å². The summed E-state index contributed by atoms with van der Waals surface area (Å²) in [4.78, 5) is 26.4. The van der Waals surface area contributed by atoms with Crippen molar-refractivity contribution < 1.29 is 18.7 Å². The Bertz CT molecular complexity index is 806. The molecule has 1 atom stereocenters. The summed E-state index contributed by atoms with van der Waals surface area (Å²) in [7, 11) is 1.69. The van der Waals surface area contributed by atoms with Crippen molar-refractivity contribution in [3.05, 3.63) is 60.1 Å². The number of amides is 1. The highest BCUT2D eigenvalue weighted by atomic mass is 16.6. The van der Waals surface area contributed by atoms with Gasteiger partial charge in [-0.2, -0.15) is 0 Å². The second-order valence-corrected chi connectivity index (χ2v) is 5.45. The molecule has 0 fully saturated rings. The number of para-hydroxylation sites is 1. The molecule has 0 radical (unpaired) electrons. The molecule has 110 valence electrons. The van der Waals surface area contributed by atoms with Gasteiger partial charge in [0.05, 0.1) is 12.0 Å². The SMILES string of the molecule is CN1C(=O)[C@@]2(CC(c3ccco3)=CC(=O)O2)c2ccccc21. The molecular formula is C17H13NO4. The molecule has 0 unspecified atom stereocenters. The Hall–Kier alpha value is -2.82. The summed E-state index contributed by atoms with van der Waals surface area (Å²) >= 11 is 0. The Balaban J connectivity index is 1.87. The van der Waals surface area contributed by atoms with Crippen molar-refractivity contribution in [1.82, 2.24) is 0 Å². The number of esters is 1. The fourth-order valence-corrected chi connectivity index (χ4v) is 3.19. The van der Waals surface area contributed by atoms with Gasteiger partial charge in [0.1, 0.15) is 5.76 Å². The van der Waals surface area contributed by atoms with Crippen molar-refractivity contribution in [2.75, 3.05) is 11.9 Å². The van der Waals surface area contributed by atoms with Crippen molar-refractivity contribution in [2.24, 2.45) is 0 Å². The molecule has 1 aromatic heterocycles. The molecule has 0 saturated heterocycles. The first-order valence-corrected chi connectivity index (χ1v) is 6.97. The van der Waals surface area contributed by atoms with E-state index < -0.39 is 11.6 Å². The van der Waals surface area contributed by atoms with Gasteiger partial charge in [-0.1, -0.05) is 18.2 Å². The van der Waals surface area contributed by atoms with E-state index >= 15 is 0 Å². The van der Waals surface area contributed by atoms with E-state index in [1.807, 2.05) is 24.3 Å². The number of rotatable bonds is 1.